The number of aromatic nitrogens is 5. The lowest BCUT2D eigenvalue weighted by atomic mass is 9.93. The Bertz CT molecular complexity index is 1460. The standard InChI is InChI=1S/C27H30F4N6O3/c1-2-32-24-10-22-20(12-33-24)26(16-11-34-36(13-16)14-18(39)15-38)35-37(22)17-6-8-19(9-7-17)40-23-5-3-4-21(25(23)28)27(29,30)31/h3-5,10-13,17-19,38-39H,2,6-9,14-15H2,1H3,(H,32,33)/t17?,18-,19?/m1/s1. The fourth-order valence-corrected chi connectivity index (χ4v) is 5.07. The van der Waals surface area contributed by atoms with Crippen LogP contribution in [0.25, 0.3) is 22.2 Å². The highest BCUT2D eigenvalue weighted by atomic mass is 19.4. The molecule has 0 bridgehead atoms. The van der Waals surface area contributed by atoms with E-state index in [4.69, 9.17) is 14.9 Å². The average molecular weight is 563 g/mol. The molecule has 40 heavy (non-hydrogen) atoms. The van der Waals surface area contributed by atoms with Gasteiger partial charge in [-0.3, -0.25) is 9.36 Å². The Balaban J connectivity index is 1.38. The van der Waals surface area contributed by atoms with Crippen LogP contribution in [-0.4, -0.2) is 60.1 Å². The van der Waals surface area contributed by atoms with Crippen molar-refractivity contribution in [1.82, 2.24) is 24.5 Å². The van der Waals surface area contributed by atoms with Crippen LogP contribution in [0.3, 0.4) is 0 Å². The lowest BCUT2D eigenvalue weighted by Gasteiger charge is -2.30. The van der Waals surface area contributed by atoms with E-state index >= 15 is 0 Å². The first-order chi connectivity index (χ1) is 19.2. The molecule has 3 heterocycles. The van der Waals surface area contributed by atoms with E-state index in [2.05, 4.69) is 15.4 Å². The van der Waals surface area contributed by atoms with Crippen molar-refractivity contribution in [2.45, 2.75) is 63.6 Å². The van der Waals surface area contributed by atoms with Crippen molar-refractivity contribution in [2.24, 2.45) is 0 Å². The number of halogens is 4. The van der Waals surface area contributed by atoms with E-state index in [-0.39, 0.29) is 19.2 Å². The fraction of sp³-hybridized carbons (Fsp3) is 0.444. The number of alkyl halides is 3. The van der Waals surface area contributed by atoms with Crippen molar-refractivity contribution in [3.05, 3.63) is 54.2 Å². The molecule has 0 unspecified atom stereocenters. The van der Waals surface area contributed by atoms with Gasteiger partial charge in [0.05, 0.1) is 48.7 Å². The highest BCUT2D eigenvalue weighted by Crippen LogP contribution is 2.38. The molecule has 0 aliphatic heterocycles. The molecular weight excluding hydrogens is 532 g/mol. The van der Waals surface area contributed by atoms with Crippen LogP contribution in [0.2, 0.25) is 0 Å². The van der Waals surface area contributed by atoms with Crippen molar-refractivity contribution in [2.75, 3.05) is 18.5 Å². The molecule has 1 aliphatic rings. The highest BCUT2D eigenvalue weighted by molar-refractivity contribution is 5.93. The predicted molar refractivity (Wildman–Crippen MR) is 139 cm³/mol. The van der Waals surface area contributed by atoms with E-state index in [1.165, 1.54) is 10.7 Å². The quantitative estimate of drug-likeness (QED) is 0.252. The van der Waals surface area contributed by atoms with Gasteiger partial charge in [0.1, 0.15) is 11.5 Å². The zero-order chi connectivity index (χ0) is 28.4. The Morgan fingerprint density at radius 3 is 2.65 bits per heavy atom. The minimum atomic E-state index is -4.80. The van der Waals surface area contributed by atoms with Gasteiger partial charge in [0.2, 0.25) is 0 Å². The number of fused-ring (bicyclic) bond motifs is 1. The molecule has 0 spiro atoms. The number of nitrogens with one attached hydrogen (secondary N) is 1. The topological polar surface area (TPSA) is 110 Å². The second-order valence-electron chi connectivity index (χ2n) is 9.86. The molecule has 9 nitrogen and oxygen atoms in total. The Hall–Kier alpha value is -3.71. The number of pyridine rings is 1. The molecule has 5 rings (SSSR count). The molecular formula is C27H30F4N6O3. The molecule has 214 valence electrons. The van der Waals surface area contributed by atoms with E-state index in [9.17, 15) is 22.7 Å². The predicted octanol–water partition coefficient (Wildman–Crippen LogP) is 4.80. The molecule has 0 saturated heterocycles. The Labute approximate surface area is 227 Å². The monoisotopic (exact) mass is 562 g/mol. The van der Waals surface area contributed by atoms with Gasteiger partial charge in [0.15, 0.2) is 11.6 Å². The smallest absolute Gasteiger partial charge is 0.419 e. The van der Waals surface area contributed by atoms with Crippen LogP contribution in [0.5, 0.6) is 5.75 Å². The van der Waals surface area contributed by atoms with Gasteiger partial charge >= 0.3 is 6.18 Å². The van der Waals surface area contributed by atoms with Crippen molar-refractivity contribution in [1.29, 1.82) is 0 Å². The maximum absolute atomic E-state index is 14.5. The minimum Gasteiger partial charge on any atom is -0.487 e. The maximum atomic E-state index is 14.5. The molecule has 1 atom stereocenters. The van der Waals surface area contributed by atoms with Gasteiger partial charge in [-0.1, -0.05) is 6.07 Å². The third kappa shape index (κ3) is 5.75. The number of rotatable bonds is 9. The van der Waals surface area contributed by atoms with Crippen LogP contribution >= 0.6 is 0 Å². The summed E-state index contributed by atoms with van der Waals surface area (Å²) in [6, 6.07) is 4.97. The number of hydrogen-bond donors (Lipinski definition) is 3. The summed E-state index contributed by atoms with van der Waals surface area (Å²) in [5.74, 6) is -1.09. The number of ether oxygens (including phenoxy) is 1. The summed E-state index contributed by atoms with van der Waals surface area (Å²) < 4.78 is 63.0. The first kappa shape index (κ1) is 27.8. The van der Waals surface area contributed by atoms with E-state index in [1.807, 2.05) is 17.7 Å². The van der Waals surface area contributed by atoms with Crippen LogP contribution < -0.4 is 10.1 Å². The molecule has 3 aromatic heterocycles. The summed E-state index contributed by atoms with van der Waals surface area (Å²) in [5, 5.41) is 32.1. The number of benzene rings is 1. The third-order valence-corrected chi connectivity index (χ3v) is 7.02. The lowest BCUT2D eigenvalue weighted by Crippen LogP contribution is -2.26. The van der Waals surface area contributed by atoms with Crippen molar-refractivity contribution >= 4 is 16.7 Å². The van der Waals surface area contributed by atoms with Gasteiger partial charge in [0, 0.05) is 36.0 Å². The number of nitrogens with zero attached hydrogens (tertiary/aromatic N) is 5. The fourth-order valence-electron chi connectivity index (χ4n) is 5.07. The number of hydrogen-bond acceptors (Lipinski definition) is 7. The van der Waals surface area contributed by atoms with Crippen molar-refractivity contribution in [3.63, 3.8) is 0 Å². The van der Waals surface area contributed by atoms with Crippen LogP contribution in [-0.2, 0) is 12.7 Å². The molecule has 4 aromatic rings. The van der Waals surface area contributed by atoms with Crippen LogP contribution in [0.4, 0.5) is 23.4 Å². The Kier molecular flexibility index (Phi) is 7.95. The molecule has 1 aromatic carbocycles. The normalized spacial score (nSPS) is 18.7. The van der Waals surface area contributed by atoms with Crippen molar-refractivity contribution < 1.29 is 32.5 Å². The largest absolute Gasteiger partial charge is 0.487 e. The minimum absolute atomic E-state index is 0.0226. The van der Waals surface area contributed by atoms with Crippen molar-refractivity contribution in [3.8, 4) is 17.0 Å². The maximum Gasteiger partial charge on any atom is 0.419 e. The Morgan fingerprint density at radius 1 is 1.18 bits per heavy atom. The second-order valence-corrected chi connectivity index (χ2v) is 9.86. The first-order valence-electron chi connectivity index (χ1n) is 13.1. The summed E-state index contributed by atoms with van der Waals surface area (Å²) in [4.78, 5) is 4.50. The molecule has 13 heteroatoms. The average Bonchev–Trinajstić information content (AvgIpc) is 3.54. The number of anilines is 1. The Morgan fingerprint density at radius 2 is 1.95 bits per heavy atom. The van der Waals surface area contributed by atoms with Gasteiger partial charge < -0.3 is 20.3 Å². The van der Waals surface area contributed by atoms with Gasteiger partial charge in [-0.15, -0.1) is 0 Å². The summed E-state index contributed by atoms with van der Waals surface area (Å²) in [5.41, 5.74) is 0.912. The molecule has 3 N–H and O–H groups in total. The van der Waals surface area contributed by atoms with E-state index in [0.29, 0.717) is 49.8 Å². The number of aliphatic hydroxyl groups excluding tert-OH is 2. The van der Waals surface area contributed by atoms with Crippen LogP contribution in [0, 0.1) is 5.82 Å². The van der Waals surface area contributed by atoms with Gasteiger partial charge in [-0.05, 0) is 44.7 Å². The summed E-state index contributed by atoms with van der Waals surface area (Å²) in [6.07, 6.45) is 1.26. The van der Waals surface area contributed by atoms with Gasteiger partial charge in [-0.2, -0.15) is 23.4 Å². The van der Waals surface area contributed by atoms with Crippen LogP contribution in [0.1, 0.15) is 44.2 Å². The molecule has 1 aliphatic carbocycles. The zero-order valence-electron chi connectivity index (χ0n) is 21.8. The van der Waals surface area contributed by atoms with Crippen LogP contribution in [0.15, 0.2) is 42.9 Å². The number of aliphatic hydroxyl groups is 2. The zero-order valence-corrected chi connectivity index (χ0v) is 21.8. The third-order valence-electron chi connectivity index (χ3n) is 7.02. The molecule has 1 fully saturated rings. The molecule has 0 radical (unpaired) electrons. The highest BCUT2D eigenvalue weighted by Gasteiger charge is 2.36. The van der Waals surface area contributed by atoms with Gasteiger partial charge in [-0.25, -0.2) is 9.37 Å². The van der Waals surface area contributed by atoms with E-state index < -0.39 is 35.5 Å². The molecule has 0 amide bonds. The SMILES string of the molecule is CCNc1cc2c(cn1)c(-c1cnn(C[C@@H](O)CO)c1)nn2C1CCC(Oc2cccc(C(F)(F)F)c2F)CC1. The van der Waals surface area contributed by atoms with Gasteiger partial charge in [0.25, 0.3) is 0 Å². The summed E-state index contributed by atoms with van der Waals surface area (Å²) >= 11 is 0. The summed E-state index contributed by atoms with van der Waals surface area (Å²) in [7, 11) is 0. The summed E-state index contributed by atoms with van der Waals surface area (Å²) in [6.45, 7) is 2.41. The lowest BCUT2D eigenvalue weighted by molar-refractivity contribution is -0.140. The first-order valence-corrected chi connectivity index (χ1v) is 13.1. The second kappa shape index (κ2) is 11.4. The molecule has 1 saturated carbocycles. The van der Waals surface area contributed by atoms with E-state index in [0.717, 1.165) is 22.5 Å². The van der Waals surface area contributed by atoms with E-state index in [1.54, 1.807) is 18.6 Å².